The van der Waals surface area contributed by atoms with Crippen molar-refractivity contribution in [3.05, 3.63) is 70.4 Å². The number of methoxy groups -OCH3 is 1. The van der Waals surface area contributed by atoms with Gasteiger partial charge in [0.15, 0.2) is 0 Å². The standard InChI is InChI=1S/C19H13NO3S/c1-22-13-7-8-14-17(9-13)23-10-15(18(14)21)16-11-24-19(20-16)12-5-3-2-4-6-12/h2-11H,1H3. The Labute approximate surface area is 142 Å². The number of hydrogen-bond donors (Lipinski definition) is 0. The zero-order valence-corrected chi connectivity index (χ0v) is 13.7. The maximum atomic E-state index is 12.7. The summed E-state index contributed by atoms with van der Waals surface area (Å²) in [6.45, 7) is 0. The second kappa shape index (κ2) is 5.94. The summed E-state index contributed by atoms with van der Waals surface area (Å²) in [6.07, 6.45) is 1.47. The third-order valence-electron chi connectivity index (χ3n) is 3.78. The molecule has 0 spiro atoms. The highest BCUT2D eigenvalue weighted by Gasteiger charge is 2.13. The smallest absolute Gasteiger partial charge is 0.202 e. The van der Waals surface area contributed by atoms with Crippen LogP contribution in [0.1, 0.15) is 0 Å². The quantitative estimate of drug-likeness (QED) is 0.549. The summed E-state index contributed by atoms with van der Waals surface area (Å²) in [6, 6.07) is 15.1. The second-order valence-corrected chi connectivity index (χ2v) is 6.10. The first-order chi connectivity index (χ1) is 11.8. The highest BCUT2D eigenvalue weighted by atomic mass is 32.1. The molecule has 0 fully saturated rings. The molecule has 2 aromatic carbocycles. The van der Waals surface area contributed by atoms with Crippen LogP contribution >= 0.6 is 11.3 Å². The average Bonchev–Trinajstić information content (AvgIpc) is 3.12. The fourth-order valence-electron chi connectivity index (χ4n) is 2.52. The molecule has 0 saturated heterocycles. The molecule has 0 saturated carbocycles. The van der Waals surface area contributed by atoms with Crippen LogP contribution in [0.5, 0.6) is 5.75 Å². The lowest BCUT2D eigenvalue weighted by Crippen LogP contribution is -2.05. The Hall–Kier alpha value is -2.92. The van der Waals surface area contributed by atoms with E-state index in [4.69, 9.17) is 9.15 Å². The zero-order chi connectivity index (χ0) is 16.5. The predicted octanol–water partition coefficient (Wildman–Crippen LogP) is 4.59. The molecule has 118 valence electrons. The Morgan fingerprint density at radius 1 is 1.12 bits per heavy atom. The largest absolute Gasteiger partial charge is 0.497 e. The molecular weight excluding hydrogens is 322 g/mol. The minimum Gasteiger partial charge on any atom is -0.497 e. The molecule has 0 N–H and O–H groups in total. The number of nitrogens with zero attached hydrogens (tertiary/aromatic N) is 1. The van der Waals surface area contributed by atoms with Crippen molar-refractivity contribution in [2.75, 3.05) is 7.11 Å². The van der Waals surface area contributed by atoms with E-state index < -0.39 is 0 Å². The molecule has 5 heteroatoms. The van der Waals surface area contributed by atoms with E-state index in [9.17, 15) is 4.79 Å². The number of benzene rings is 2. The molecular formula is C19H13NO3S. The molecule has 4 aromatic rings. The van der Waals surface area contributed by atoms with E-state index in [0.717, 1.165) is 10.6 Å². The molecule has 0 aliphatic carbocycles. The lowest BCUT2D eigenvalue weighted by atomic mass is 10.1. The van der Waals surface area contributed by atoms with Gasteiger partial charge in [0.05, 0.1) is 23.8 Å². The van der Waals surface area contributed by atoms with Gasteiger partial charge in [0.2, 0.25) is 5.43 Å². The number of rotatable bonds is 3. The molecule has 0 unspecified atom stereocenters. The van der Waals surface area contributed by atoms with E-state index in [1.165, 1.54) is 17.6 Å². The van der Waals surface area contributed by atoms with Crippen LogP contribution in [-0.4, -0.2) is 12.1 Å². The molecule has 2 aromatic heterocycles. The van der Waals surface area contributed by atoms with E-state index in [1.807, 2.05) is 35.7 Å². The molecule has 2 heterocycles. The van der Waals surface area contributed by atoms with Gasteiger partial charge in [-0.05, 0) is 12.1 Å². The monoisotopic (exact) mass is 335 g/mol. The highest BCUT2D eigenvalue weighted by Crippen LogP contribution is 2.28. The number of hydrogen-bond acceptors (Lipinski definition) is 5. The van der Waals surface area contributed by atoms with E-state index in [-0.39, 0.29) is 5.43 Å². The van der Waals surface area contributed by atoms with Gasteiger partial charge in [0, 0.05) is 17.0 Å². The van der Waals surface area contributed by atoms with E-state index in [2.05, 4.69) is 4.98 Å². The Morgan fingerprint density at radius 3 is 2.75 bits per heavy atom. The fourth-order valence-corrected chi connectivity index (χ4v) is 3.35. The molecule has 24 heavy (non-hydrogen) atoms. The summed E-state index contributed by atoms with van der Waals surface area (Å²) < 4.78 is 10.8. The average molecular weight is 335 g/mol. The summed E-state index contributed by atoms with van der Waals surface area (Å²) in [5.74, 6) is 0.651. The van der Waals surface area contributed by atoms with Crippen molar-refractivity contribution in [2.24, 2.45) is 0 Å². The van der Waals surface area contributed by atoms with E-state index >= 15 is 0 Å². The Balaban J connectivity index is 1.81. The lowest BCUT2D eigenvalue weighted by molar-refractivity contribution is 0.414. The molecule has 4 nitrogen and oxygen atoms in total. The Morgan fingerprint density at radius 2 is 1.96 bits per heavy atom. The minimum atomic E-state index is -0.0937. The fraction of sp³-hybridized carbons (Fsp3) is 0.0526. The Bertz CT molecular complexity index is 1070. The van der Waals surface area contributed by atoms with Gasteiger partial charge in [-0.25, -0.2) is 4.98 Å². The number of ether oxygens (including phenoxy) is 1. The number of fused-ring (bicyclic) bond motifs is 1. The SMILES string of the molecule is COc1ccc2c(=O)c(-c3csc(-c4ccccc4)n3)coc2c1. The first-order valence-corrected chi connectivity index (χ1v) is 8.25. The third-order valence-corrected chi connectivity index (χ3v) is 4.67. The first-order valence-electron chi connectivity index (χ1n) is 7.37. The normalized spacial score (nSPS) is 10.9. The summed E-state index contributed by atoms with van der Waals surface area (Å²) >= 11 is 1.51. The van der Waals surface area contributed by atoms with Crippen LogP contribution in [0.3, 0.4) is 0 Å². The van der Waals surface area contributed by atoms with Gasteiger partial charge >= 0.3 is 0 Å². The van der Waals surface area contributed by atoms with Crippen LogP contribution in [0.15, 0.2) is 69.4 Å². The van der Waals surface area contributed by atoms with Crippen molar-refractivity contribution in [1.29, 1.82) is 0 Å². The van der Waals surface area contributed by atoms with Crippen LogP contribution in [0.2, 0.25) is 0 Å². The van der Waals surface area contributed by atoms with Gasteiger partial charge < -0.3 is 9.15 Å². The first kappa shape index (κ1) is 14.7. The molecule has 0 aliphatic heterocycles. The van der Waals surface area contributed by atoms with Gasteiger partial charge in [-0.3, -0.25) is 4.79 Å². The van der Waals surface area contributed by atoms with Crippen molar-refractivity contribution < 1.29 is 9.15 Å². The topological polar surface area (TPSA) is 52.3 Å². The number of aromatic nitrogens is 1. The summed E-state index contributed by atoms with van der Waals surface area (Å²) in [5, 5.41) is 3.27. The molecule has 0 amide bonds. The van der Waals surface area contributed by atoms with Crippen LogP contribution in [0.25, 0.3) is 32.8 Å². The van der Waals surface area contributed by atoms with Gasteiger partial charge in [0.25, 0.3) is 0 Å². The van der Waals surface area contributed by atoms with Gasteiger partial charge in [0.1, 0.15) is 22.6 Å². The van der Waals surface area contributed by atoms with Crippen molar-refractivity contribution >= 4 is 22.3 Å². The maximum absolute atomic E-state index is 12.7. The third kappa shape index (κ3) is 2.49. The number of thiazole rings is 1. The van der Waals surface area contributed by atoms with Crippen LogP contribution in [0.4, 0.5) is 0 Å². The van der Waals surface area contributed by atoms with Gasteiger partial charge in [-0.2, -0.15) is 0 Å². The van der Waals surface area contributed by atoms with Crippen molar-refractivity contribution in [2.45, 2.75) is 0 Å². The highest BCUT2D eigenvalue weighted by molar-refractivity contribution is 7.13. The van der Waals surface area contributed by atoms with Crippen molar-refractivity contribution in [3.63, 3.8) is 0 Å². The predicted molar refractivity (Wildman–Crippen MR) is 95.6 cm³/mol. The van der Waals surface area contributed by atoms with Crippen LogP contribution in [0, 0.1) is 0 Å². The van der Waals surface area contributed by atoms with Gasteiger partial charge in [-0.1, -0.05) is 30.3 Å². The summed E-state index contributed by atoms with van der Waals surface area (Å²) in [4.78, 5) is 17.3. The van der Waals surface area contributed by atoms with Gasteiger partial charge in [-0.15, -0.1) is 11.3 Å². The maximum Gasteiger partial charge on any atom is 0.202 e. The molecule has 0 radical (unpaired) electrons. The van der Waals surface area contributed by atoms with Crippen LogP contribution in [-0.2, 0) is 0 Å². The molecule has 0 bridgehead atoms. The Kier molecular flexibility index (Phi) is 3.63. The van der Waals surface area contributed by atoms with Crippen molar-refractivity contribution in [1.82, 2.24) is 4.98 Å². The lowest BCUT2D eigenvalue weighted by Gasteiger charge is -2.02. The molecule has 0 atom stereocenters. The zero-order valence-electron chi connectivity index (χ0n) is 12.9. The second-order valence-electron chi connectivity index (χ2n) is 5.24. The molecule has 4 rings (SSSR count). The summed E-state index contributed by atoms with van der Waals surface area (Å²) in [7, 11) is 1.58. The van der Waals surface area contributed by atoms with Crippen molar-refractivity contribution in [3.8, 4) is 27.6 Å². The minimum absolute atomic E-state index is 0.0937. The van der Waals surface area contributed by atoms with E-state index in [1.54, 1.807) is 25.3 Å². The van der Waals surface area contributed by atoms with Crippen LogP contribution < -0.4 is 10.2 Å². The summed E-state index contributed by atoms with van der Waals surface area (Å²) in [5.41, 5.74) is 2.53. The van der Waals surface area contributed by atoms with E-state index in [0.29, 0.717) is 28.0 Å². The molecule has 0 aliphatic rings.